The molecule has 8 heteroatoms. The Kier molecular flexibility index (Phi) is 4.67. The van der Waals surface area contributed by atoms with E-state index in [9.17, 15) is 28.6 Å². The van der Waals surface area contributed by atoms with Crippen molar-refractivity contribution < 1.29 is 28.6 Å². The number of aromatic hydroxyl groups is 1. The van der Waals surface area contributed by atoms with E-state index in [0.29, 0.717) is 0 Å². The topological polar surface area (TPSA) is 79.5 Å². The van der Waals surface area contributed by atoms with Gasteiger partial charge in [0.05, 0.1) is 16.0 Å². The summed E-state index contributed by atoms with van der Waals surface area (Å²) >= 11 is 5.66. The summed E-state index contributed by atoms with van der Waals surface area (Å²) in [5, 5.41) is 19.5. The Balaban J connectivity index is 2.38. The first-order chi connectivity index (χ1) is 13.0. The lowest BCUT2D eigenvalue weighted by Crippen LogP contribution is -2.29. The maximum Gasteiger partial charge on any atom is 0.313 e. The zero-order valence-electron chi connectivity index (χ0n) is 15.2. The highest BCUT2D eigenvalue weighted by molar-refractivity contribution is 6.30. The SMILES string of the molecule is Cc1c(C(C)(C)C(=O)O)c2cc(O)c(F)cc2n1C(=O)c1ccc(Cl)c(F)c1. The van der Waals surface area contributed by atoms with Crippen molar-refractivity contribution in [3.05, 3.63) is 63.8 Å². The van der Waals surface area contributed by atoms with Gasteiger partial charge in [0.1, 0.15) is 5.82 Å². The van der Waals surface area contributed by atoms with Crippen LogP contribution in [0.15, 0.2) is 30.3 Å². The highest BCUT2D eigenvalue weighted by Gasteiger charge is 2.36. The second-order valence-corrected chi connectivity index (χ2v) is 7.39. The van der Waals surface area contributed by atoms with Gasteiger partial charge in [-0.05, 0) is 50.6 Å². The van der Waals surface area contributed by atoms with Crippen LogP contribution in [0.25, 0.3) is 10.9 Å². The summed E-state index contributed by atoms with van der Waals surface area (Å²) in [7, 11) is 0. The third-order valence-electron chi connectivity index (χ3n) is 4.80. The first-order valence-corrected chi connectivity index (χ1v) is 8.61. The van der Waals surface area contributed by atoms with Gasteiger partial charge in [0.15, 0.2) is 11.6 Å². The average Bonchev–Trinajstić information content (AvgIpc) is 2.88. The van der Waals surface area contributed by atoms with Crippen LogP contribution in [0.4, 0.5) is 8.78 Å². The second kappa shape index (κ2) is 6.60. The van der Waals surface area contributed by atoms with Crippen molar-refractivity contribution in [3.8, 4) is 5.75 Å². The van der Waals surface area contributed by atoms with Gasteiger partial charge in [0.2, 0.25) is 0 Å². The van der Waals surface area contributed by atoms with Crippen LogP contribution >= 0.6 is 11.6 Å². The highest BCUT2D eigenvalue weighted by atomic mass is 35.5. The molecule has 0 spiro atoms. The Hall–Kier alpha value is -2.93. The van der Waals surface area contributed by atoms with Gasteiger partial charge < -0.3 is 10.2 Å². The third-order valence-corrected chi connectivity index (χ3v) is 5.11. The van der Waals surface area contributed by atoms with Crippen molar-refractivity contribution in [2.24, 2.45) is 0 Å². The van der Waals surface area contributed by atoms with Gasteiger partial charge >= 0.3 is 5.97 Å². The molecule has 0 atom stereocenters. The molecule has 0 aliphatic carbocycles. The van der Waals surface area contributed by atoms with Gasteiger partial charge in [0.25, 0.3) is 5.91 Å². The van der Waals surface area contributed by atoms with Crippen LogP contribution in [0.5, 0.6) is 5.75 Å². The fourth-order valence-electron chi connectivity index (χ4n) is 3.34. The summed E-state index contributed by atoms with van der Waals surface area (Å²) in [5.41, 5.74) is -0.933. The molecule has 2 aromatic carbocycles. The number of fused-ring (bicyclic) bond motifs is 1. The van der Waals surface area contributed by atoms with Crippen LogP contribution in [0.2, 0.25) is 5.02 Å². The smallest absolute Gasteiger partial charge is 0.313 e. The largest absolute Gasteiger partial charge is 0.505 e. The number of phenols is 1. The maximum atomic E-state index is 14.0. The molecule has 146 valence electrons. The van der Waals surface area contributed by atoms with E-state index in [1.165, 1.54) is 32.9 Å². The first kappa shape index (κ1) is 19.8. The molecule has 1 aromatic heterocycles. The molecule has 1 heterocycles. The van der Waals surface area contributed by atoms with Crippen molar-refractivity contribution >= 4 is 34.4 Å². The van der Waals surface area contributed by atoms with Gasteiger partial charge in [-0.25, -0.2) is 8.78 Å². The monoisotopic (exact) mass is 407 g/mol. The molecular formula is C20H16ClF2NO4. The molecule has 0 unspecified atom stereocenters. The molecule has 0 saturated carbocycles. The van der Waals surface area contributed by atoms with E-state index in [1.54, 1.807) is 0 Å². The molecule has 3 rings (SSSR count). The van der Waals surface area contributed by atoms with E-state index >= 15 is 0 Å². The Morgan fingerprint density at radius 2 is 1.75 bits per heavy atom. The number of hydrogen-bond acceptors (Lipinski definition) is 3. The molecule has 0 saturated heterocycles. The molecule has 5 nitrogen and oxygen atoms in total. The summed E-state index contributed by atoms with van der Waals surface area (Å²) in [6.45, 7) is 4.39. The number of carbonyl (C=O) groups is 2. The summed E-state index contributed by atoms with van der Waals surface area (Å²) in [6.07, 6.45) is 0. The van der Waals surface area contributed by atoms with Gasteiger partial charge in [-0.15, -0.1) is 0 Å². The lowest BCUT2D eigenvalue weighted by atomic mass is 9.83. The van der Waals surface area contributed by atoms with E-state index in [2.05, 4.69) is 0 Å². The van der Waals surface area contributed by atoms with Crippen molar-refractivity contribution in [1.29, 1.82) is 0 Å². The zero-order valence-corrected chi connectivity index (χ0v) is 15.9. The van der Waals surface area contributed by atoms with Gasteiger partial charge in [-0.1, -0.05) is 11.6 Å². The van der Waals surface area contributed by atoms with Crippen LogP contribution in [-0.4, -0.2) is 26.7 Å². The number of benzene rings is 2. The first-order valence-electron chi connectivity index (χ1n) is 8.24. The molecule has 0 amide bonds. The third kappa shape index (κ3) is 2.92. The molecule has 0 aliphatic heterocycles. The quantitative estimate of drug-likeness (QED) is 0.663. The number of carboxylic acid groups (broad SMARTS) is 1. The second-order valence-electron chi connectivity index (χ2n) is 6.98. The predicted octanol–water partition coefficient (Wildman–Crippen LogP) is 4.64. The maximum absolute atomic E-state index is 14.0. The van der Waals surface area contributed by atoms with Crippen LogP contribution in [0.1, 0.15) is 35.5 Å². The average molecular weight is 408 g/mol. The van der Waals surface area contributed by atoms with Gasteiger partial charge in [-0.3, -0.25) is 14.2 Å². The number of aliphatic carboxylic acids is 1. The number of phenolic OH excluding ortho intramolecular Hbond substituents is 1. The predicted molar refractivity (Wildman–Crippen MR) is 100 cm³/mol. The molecule has 0 bridgehead atoms. The lowest BCUT2D eigenvalue weighted by Gasteiger charge is -2.20. The molecule has 28 heavy (non-hydrogen) atoms. The molecule has 0 aliphatic rings. The lowest BCUT2D eigenvalue weighted by molar-refractivity contribution is -0.142. The Morgan fingerprint density at radius 1 is 1.11 bits per heavy atom. The number of aromatic nitrogens is 1. The molecule has 2 N–H and O–H groups in total. The normalized spacial score (nSPS) is 11.8. The van der Waals surface area contributed by atoms with Crippen molar-refractivity contribution in [2.75, 3.05) is 0 Å². The Labute approximate surface area is 163 Å². The van der Waals surface area contributed by atoms with Crippen LogP contribution < -0.4 is 0 Å². The fourth-order valence-corrected chi connectivity index (χ4v) is 3.46. The minimum Gasteiger partial charge on any atom is -0.505 e. The van der Waals surface area contributed by atoms with Gasteiger partial charge in [0, 0.05) is 22.7 Å². The number of carbonyl (C=O) groups excluding carboxylic acids is 1. The molecular weight excluding hydrogens is 392 g/mol. The standard InChI is InChI=1S/C20H16ClF2NO4/c1-9-17(20(2,3)19(27)28)11-7-16(25)14(23)8-15(11)24(9)18(26)10-4-5-12(21)13(22)6-10/h4-8,25H,1-3H3,(H,27,28). The molecule has 0 radical (unpaired) electrons. The Bertz CT molecular complexity index is 1150. The summed E-state index contributed by atoms with van der Waals surface area (Å²) in [6, 6.07) is 5.53. The molecule has 0 fully saturated rings. The van der Waals surface area contributed by atoms with E-state index < -0.39 is 34.7 Å². The Morgan fingerprint density at radius 3 is 2.32 bits per heavy atom. The van der Waals surface area contributed by atoms with Crippen molar-refractivity contribution in [1.82, 2.24) is 4.57 Å². The van der Waals surface area contributed by atoms with Crippen LogP contribution in [0, 0.1) is 18.6 Å². The van der Waals surface area contributed by atoms with E-state index in [1.807, 2.05) is 0 Å². The van der Waals surface area contributed by atoms with E-state index in [0.717, 1.165) is 22.8 Å². The zero-order chi connectivity index (χ0) is 21.0. The van der Waals surface area contributed by atoms with Crippen molar-refractivity contribution in [2.45, 2.75) is 26.2 Å². The highest BCUT2D eigenvalue weighted by Crippen LogP contribution is 2.38. The van der Waals surface area contributed by atoms with Crippen LogP contribution in [-0.2, 0) is 10.2 Å². The van der Waals surface area contributed by atoms with E-state index in [4.69, 9.17) is 11.6 Å². The minimum atomic E-state index is -1.44. The number of rotatable bonds is 3. The fraction of sp³-hybridized carbons (Fsp3) is 0.200. The number of hydrogen-bond donors (Lipinski definition) is 2. The number of halogens is 3. The summed E-state index contributed by atoms with van der Waals surface area (Å²) in [5.74, 6) is -4.28. The van der Waals surface area contributed by atoms with Gasteiger partial charge in [-0.2, -0.15) is 0 Å². The number of nitrogens with zero attached hydrogens (tertiary/aromatic N) is 1. The van der Waals surface area contributed by atoms with Crippen LogP contribution in [0.3, 0.4) is 0 Å². The van der Waals surface area contributed by atoms with E-state index in [-0.39, 0.29) is 32.7 Å². The minimum absolute atomic E-state index is 0.0462. The number of carboxylic acids is 1. The molecule has 3 aromatic rings. The summed E-state index contributed by atoms with van der Waals surface area (Å²) < 4.78 is 29.0. The van der Waals surface area contributed by atoms with Crippen molar-refractivity contribution in [3.63, 3.8) is 0 Å². The summed E-state index contributed by atoms with van der Waals surface area (Å²) in [4.78, 5) is 24.9.